The lowest BCUT2D eigenvalue weighted by molar-refractivity contribution is 0.249. The molecule has 0 aliphatic carbocycles. The number of rotatable bonds is 4. The summed E-state index contributed by atoms with van der Waals surface area (Å²) in [6.07, 6.45) is 3.94. The lowest BCUT2D eigenvalue weighted by Crippen LogP contribution is -2.42. The van der Waals surface area contributed by atoms with Crippen molar-refractivity contribution in [3.05, 3.63) is 28.8 Å². The molecule has 2 heterocycles. The smallest absolute Gasteiger partial charge is 0.194 e. The Morgan fingerprint density at radius 3 is 2.52 bits per heavy atom. The highest BCUT2D eigenvalue weighted by atomic mass is 16.3. The SMILES string of the molecule is CCNC(=NCc1cc(C)c(O)c(C)c1)N1CCC(N2CCCC2)C1. The average Bonchev–Trinajstić information content (AvgIpc) is 3.27. The molecule has 1 aromatic carbocycles. The Labute approximate surface area is 151 Å². The lowest BCUT2D eigenvalue weighted by atomic mass is 10.1. The molecule has 0 amide bonds. The Hall–Kier alpha value is -1.75. The third-order valence-electron chi connectivity index (χ3n) is 5.42. The quantitative estimate of drug-likeness (QED) is 0.651. The Kier molecular flexibility index (Phi) is 5.84. The van der Waals surface area contributed by atoms with Gasteiger partial charge in [0.1, 0.15) is 5.75 Å². The van der Waals surface area contributed by atoms with Crippen molar-refractivity contribution in [1.29, 1.82) is 0 Å². The van der Waals surface area contributed by atoms with Crippen molar-refractivity contribution in [1.82, 2.24) is 15.1 Å². The van der Waals surface area contributed by atoms with Crippen LogP contribution in [0.2, 0.25) is 0 Å². The van der Waals surface area contributed by atoms with Gasteiger partial charge in [0.05, 0.1) is 6.54 Å². The summed E-state index contributed by atoms with van der Waals surface area (Å²) in [6.45, 7) is 12.2. The molecule has 1 unspecified atom stereocenters. The third kappa shape index (κ3) is 4.27. The van der Waals surface area contributed by atoms with Crippen molar-refractivity contribution < 1.29 is 5.11 Å². The van der Waals surface area contributed by atoms with Gasteiger partial charge in [-0.05, 0) is 69.8 Å². The number of phenols is 1. The fraction of sp³-hybridized carbons (Fsp3) is 0.650. The Morgan fingerprint density at radius 1 is 1.20 bits per heavy atom. The zero-order valence-electron chi connectivity index (χ0n) is 15.9. The van der Waals surface area contributed by atoms with Gasteiger partial charge >= 0.3 is 0 Å². The van der Waals surface area contributed by atoms with Gasteiger partial charge in [0, 0.05) is 25.7 Å². The van der Waals surface area contributed by atoms with Crippen LogP contribution in [0.15, 0.2) is 17.1 Å². The summed E-state index contributed by atoms with van der Waals surface area (Å²) < 4.78 is 0. The number of hydrogen-bond acceptors (Lipinski definition) is 3. The first kappa shape index (κ1) is 18.1. The van der Waals surface area contributed by atoms with Gasteiger partial charge in [0.2, 0.25) is 0 Å². The molecule has 1 aromatic rings. The van der Waals surface area contributed by atoms with E-state index < -0.39 is 0 Å². The highest BCUT2D eigenvalue weighted by Gasteiger charge is 2.30. The first-order valence-corrected chi connectivity index (χ1v) is 9.65. The summed E-state index contributed by atoms with van der Waals surface area (Å²) in [5, 5.41) is 13.4. The Bertz CT molecular complexity index is 599. The Balaban J connectivity index is 1.67. The maximum atomic E-state index is 9.94. The van der Waals surface area contributed by atoms with Crippen LogP contribution in [0.1, 0.15) is 42.9 Å². The number of likely N-dealkylation sites (tertiary alicyclic amines) is 2. The van der Waals surface area contributed by atoms with Gasteiger partial charge in [-0.1, -0.05) is 12.1 Å². The van der Waals surface area contributed by atoms with Crippen molar-refractivity contribution >= 4 is 5.96 Å². The average molecular weight is 345 g/mol. The van der Waals surface area contributed by atoms with Crippen LogP contribution in [0.5, 0.6) is 5.75 Å². The topological polar surface area (TPSA) is 51.1 Å². The largest absolute Gasteiger partial charge is 0.507 e. The predicted molar refractivity (Wildman–Crippen MR) is 103 cm³/mol. The zero-order valence-corrected chi connectivity index (χ0v) is 15.9. The van der Waals surface area contributed by atoms with Crippen LogP contribution in [0.4, 0.5) is 0 Å². The van der Waals surface area contributed by atoms with E-state index in [1.54, 1.807) is 0 Å². The summed E-state index contributed by atoms with van der Waals surface area (Å²) in [6, 6.07) is 4.75. The highest BCUT2D eigenvalue weighted by molar-refractivity contribution is 5.80. The third-order valence-corrected chi connectivity index (χ3v) is 5.42. The van der Waals surface area contributed by atoms with Crippen molar-refractivity contribution in [3.8, 4) is 5.75 Å². The van der Waals surface area contributed by atoms with Gasteiger partial charge in [0.25, 0.3) is 0 Å². The number of hydrogen-bond donors (Lipinski definition) is 2. The summed E-state index contributed by atoms with van der Waals surface area (Å²) in [7, 11) is 0. The van der Waals surface area contributed by atoms with Crippen LogP contribution < -0.4 is 5.32 Å². The van der Waals surface area contributed by atoms with Crippen molar-refractivity contribution in [2.75, 3.05) is 32.7 Å². The van der Waals surface area contributed by atoms with Crippen LogP contribution in [-0.2, 0) is 6.54 Å². The number of nitrogens with one attached hydrogen (secondary N) is 1. The molecule has 5 nitrogen and oxygen atoms in total. The van der Waals surface area contributed by atoms with Crippen LogP contribution in [0.25, 0.3) is 0 Å². The number of benzene rings is 1. The second kappa shape index (κ2) is 8.09. The monoisotopic (exact) mass is 344 g/mol. The molecule has 0 aromatic heterocycles. The molecule has 0 saturated carbocycles. The standard InChI is InChI=1S/C20H32N4O/c1-4-21-20(22-13-17-11-15(2)19(25)16(3)12-17)24-10-7-18(14-24)23-8-5-6-9-23/h11-12,18,25H,4-10,13-14H2,1-3H3,(H,21,22). The molecule has 3 rings (SSSR count). The Morgan fingerprint density at radius 2 is 1.88 bits per heavy atom. The van der Waals surface area contributed by atoms with Crippen molar-refractivity contribution in [2.24, 2.45) is 4.99 Å². The molecule has 2 aliphatic heterocycles. The molecule has 2 saturated heterocycles. The molecular formula is C20H32N4O. The number of aromatic hydroxyl groups is 1. The molecule has 0 spiro atoms. The summed E-state index contributed by atoms with van der Waals surface area (Å²) >= 11 is 0. The van der Waals surface area contributed by atoms with Crippen molar-refractivity contribution in [3.63, 3.8) is 0 Å². The van der Waals surface area contributed by atoms with E-state index in [-0.39, 0.29) is 0 Å². The normalized spacial score (nSPS) is 22.0. The van der Waals surface area contributed by atoms with E-state index in [0.29, 0.717) is 18.3 Å². The number of phenolic OH excluding ortho intramolecular Hbond substituents is 1. The molecule has 2 aliphatic rings. The van der Waals surface area contributed by atoms with Gasteiger partial charge in [-0.3, -0.25) is 4.90 Å². The minimum Gasteiger partial charge on any atom is -0.507 e. The van der Waals surface area contributed by atoms with Gasteiger partial charge in [-0.2, -0.15) is 0 Å². The van der Waals surface area contributed by atoms with E-state index in [0.717, 1.165) is 42.3 Å². The zero-order chi connectivity index (χ0) is 17.8. The van der Waals surface area contributed by atoms with Crippen LogP contribution in [0, 0.1) is 13.8 Å². The van der Waals surface area contributed by atoms with Gasteiger partial charge in [0.15, 0.2) is 5.96 Å². The molecule has 25 heavy (non-hydrogen) atoms. The number of aryl methyl sites for hydroxylation is 2. The molecule has 5 heteroatoms. The fourth-order valence-electron chi connectivity index (χ4n) is 4.07. The first-order valence-electron chi connectivity index (χ1n) is 9.65. The molecule has 138 valence electrons. The highest BCUT2D eigenvalue weighted by Crippen LogP contribution is 2.24. The van der Waals surface area contributed by atoms with Gasteiger partial charge in [-0.15, -0.1) is 0 Å². The van der Waals surface area contributed by atoms with E-state index in [2.05, 4.69) is 22.0 Å². The molecule has 0 bridgehead atoms. The minimum atomic E-state index is 0.396. The van der Waals surface area contributed by atoms with Crippen LogP contribution >= 0.6 is 0 Å². The van der Waals surface area contributed by atoms with Crippen molar-refractivity contribution in [2.45, 2.75) is 52.6 Å². The van der Waals surface area contributed by atoms with Crippen LogP contribution in [-0.4, -0.2) is 59.6 Å². The number of guanidine groups is 1. The molecular weight excluding hydrogens is 312 g/mol. The number of nitrogens with zero attached hydrogens (tertiary/aromatic N) is 3. The second-order valence-electron chi connectivity index (χ2n) is 7.38. The first-order chi connectivity index (χ1) is 12.1. The van der Waals surface area contributed by atoms with Gasteiger partial charge in [-0.25, -0.2) is 4.99 Å². The minimum absolute atomic E-state index is 0.396. The maximum absolute atomic E-state index is 9.94. The van der Waals surface area contributed by atoms with E-state index >= 15 is 0 Å². The lowest BCUT2D eigenvalue weighted by Gasteiger charge is -2.25. The fourth-order valence-corrected chi connectivity index (χ4v) is 4.07. The van der Waals surface area contributed by atoms with Gasteiger partial charge < -0.3 is 15.3 Å². The summed E-state index contributed by atoms with van der Waals surface area (Å²) in [4.78, 5) is 9.93. The molecule has 2 fully saturated rings. The molecule has 2 N–H and O–H groups in total. The van der Waals surface area contributed by atoms with E-state index in [1.165, 1.54) is 32.4 Å². The number of aliphatic imine (C=N–C) groups is 1. The molecule has 1 atom stereocenters. The summed E-state index contributed by atoms with van der Waals surface area (Å²) in [5.74, 6) is 1.42. The maximum Gasteiger partial charge on any atom is 0.194 e. The molecule has 0 radical (unpaired) electrons. The summed E-state index contributed by atoms with van der Waals surface area (Å²) in [5.41, 5.74) is 2.99. The van der Waals surface area contributed by atoms with E-state index in [1.807, 2.05) is 26.0 Å². The predicted octanol–water partition coefficient (Wildman–Crippen LogP) is 2.64. The van der Waals surface area contributed by atoms with Crippen LogP contribution in [0.3, 0.4) is 0 Å². The van der Waals surface area contributed by atoms with E-state index in [4.69, 9.17) is 4.99 Å². The second-order valence-corrected chi connectivity index (χ2v) is 7.38. The van der Waals surface area contributed by atoms with E-state index in [9.17, 15) is 5.11 Å².